The fourth-order valence-corrected chi connectivity index (χ4v) is 1.45. The molecule has 0 aliphatic heterocycles. The zero-order valence-electron chi connectivity index (χ0n) is 7.98. The van der Waals surface area contributed by atoms with Gasteiger partial charge in [-0.25, -0.2) is 0 Å². The molecule has 0 spiro atoms. The van der Waals surface area contributed by atoms with E-state index in [-0.39, 0.29) is 17.4 Å². The summed E-state index contributed by atoms with van der Waals surface area (Å²) in [6.45, 7) is 0. The van der Waals surface area contributed by atoms with Gasteiger partial charge in [0, 0.05) is 13.2 Å². The Morgan fingerprint density at radius 3 is 3.00 bits per heavy atom. The second-order valence-electron chi connectivity index (χ2n) is 3.09. The van der Waals surface area contributed by atoms with E-state index in [1.54, 1.807) is 24.0 Å². The first-order chi connectivity index (χ1) is 7.16. The SMILES string of the molecule is Cn1cc(CC(=O)c2ccoc2Cl)nn1. The Bertz CT molecular complexity index is 489. The Kier molecular flexibility index (Phi) is 2.55. The number of carbonyl (C=O) groups excluding carboxylic acids is 1. The molecular formula is C9H8ClN3O2. The van der Waals surface area contributed by atoms with Crippen LogP contribution in [-0.4, -0.2) is 20.8 Å². The third kappa shape index (κ3) is 2.07. The van der Waals surface area contributed by atoms with Crippen molar-refractivity contribution in [3.8, 4) is 0 Å². The third-order valence-corrected chi connectivity index (χ3v) is 2.20. The minimum atomic E-state index is -0.130. The minimum Gasteiger partial charge on any atom is -0.452 e. The Labute approximate surface area is 90.6 Å². The molecule has 0 aliphatic carbocycles. The van der Waals surface area contributed by atoms with E-state index in [0.29, 0.717) is 11.3 Å². The number of rotatable bonds is 3. The second-order valence-corrected chi connectivity index (χ2v) is 3.43. The van der Waals surface area contributed by atoms with Crippen LogP contribution >= 0.6 is 11.6 Å². The smallest absolute Gasteiger partial charge is 0.203 e. The summed E-state index contributed by atoms with van der Waals surface area (Å²) in [5.41, 5.74) is 0.988. The van der Waals surface area contributed by atoms with Crippen LogP contribution in [0.5, 0.6) is 0 Å². The number of halogens is 1. The molecule has 0 aromatic carbocycles. The van der Waals surface area contributed by atoms with Gasteiger partial charge in [-0.15, -0.1) is 5.10 Å². The van der Waals surface area contributed by atoms with Crippen LogP contribution in [0, 0.1) is 0 Å². The van der Waals surface area contributed by atoms with Gasteiger partial charge < -0.3 is 4.42 Å². The van der Waals surface area contributed by atoms with Crippen LogP contribution in [-0.2, 0) is 13.5 Å². The number of nitrogens with zero attached hydrogens (tertiary/aromatic N) is 3. The maximum Gasteiger partial charge on any atom is 0.203 e. The zero-order chi connectivity index (χ0) is 10.8. The summed E-state index contributed by atoms with van der Waals surface area (Å²) < 4.78 is 6.37. The molecule has 15 heavy (non-hydrogen) atoms. The van der Waals surface area contributed by atoms with Gasteiger partial charge in [-0.2, -0.15) is 0 Å². The summed E-state index contributed by atoms with van der Waals surface area (Å²) >= 11 is 5.68. The van der Waals surface area contributed by atoms with Gasteiger partial charge in [0.2, 0.25) is 5.22 Å². The van der Waals surface area contributed by atoms with Gasteiger partial charge in [0.05, 0.1) is 23.9 Å². The molecule has 0 atom stereocenters. The van der Waals surface area contributed by atoms with Gasteiger partial charge >= 0.3 is 0 Å². The highest BCUT2D eigenvalue weighted by molar-refractivity contribution is 6.32. The number of hydrogen-bond acceptors (Lipinski definition) is 4. The topological polar surface area (TPSA) is 60.9 Å². The molecule has 0 fully saturated rings. The van der Waals surface area contributed by atoms with E-state index in [0.717, 1.165) is 0 Å². The second kappa shape index (κ2) is 3.86. The van der Waals surface area contributed by atoms with Gasteiger partial charge in [0.15, 0.2) is 5.78 Å². The lowest BCUT2D eigenvalue weighted by Gasteiger charge is -1.93. The summed E-state index contributed by atoms with van der Waals surface area (Å²) in [5.74, 6) is -0.130. The average Bonchev–Trinajstić information content (AvgIpc) is 2.75. The predicted molar refractivity (Wildman–Crippen MR) is 52.8 cm³/mol. The molecule has 2 aromatic rings. The lowest BCUT2D eigenvalue weighted by Crippen LogP contribution is -2.03. The van der Waals surface area contributed by atoms with Crippen LogP contribution in [0.1, 0.15) is 16.1 Å². The largest absolute Gasteiger partial charge is 0.452 e. The molecule has 0 bridgehead atoms. The van der Waals surface area contributed by atoms with Crippen molar-refractivity contribution < 1.29 is 9.21 Å². The van der Waals surface area contributed by atoms with Crippen molar-refractivity contribution in [1.82, 2.24) is 15.0 Å². The van der Waals surface area contributed by atoms with Crippen LogP contribution in [0.4, 0.5) is 0 Å². The van der Waals surface area contributed by atoms with Crippen LogP contribution in [0.15, 0.2) is 22.9 Å². The van der Waals surface area contributed by atoms with Gasteiger partial charge in [0.25, 0.3) is 0 Å². The summed E-state index contributed by atoms with van der Waals surface area (Å²) in [5, 5.41) is 7.66. The van der Waals surface area contributed by atoms with E-state index in [1.807, 2.05) is 0 Å². The van der Waals surface area contributed by atoms with E-state index < -0.39 is 0 Å². The number of Topliss-reactive ketones (excluding diaryl/α,β-unsaturated/α-hetero) is 1. The number of ketones is 1. The lowest BCUT2D eigenvalue weighted by molar-refractivity contribution is 0.0991. The van der Waals surface area contributed by atoms with E-state index in [2.05, 4.69) is 10.3 Å². The minimum absolute atomic E-state index is 0.115. The zero-order valence-corrected chi connectivity index (χ0v) is 8.73. The highest BCUT2D eigenvalue weighted by atomic mass is 35.5. The number of aromatic nitrogens is 3. The van der Waals surface area contributed by atoms with Gasteiger partial charge in [-0.3, -0.25) is 9.48 Å². The van der Waals surface area contributed by atoms with Crippen LogP contribution in [0.3, 0.4) is 0 Å². The molecule has 0 aliphatic rings. The average molecular weight is 226 g/mol. The highest BCUT2D eigenvalue weighted by Crippen LogP contribution is 2.18. The van der Waals surface area contributed by atoms with Crippen LogP contribution < -0.4 is 0 Å². The molecule has 0 radical (unpaired) electrons. The maximum atomic E-state index is 11.7. The fraction of sp³-hybridized carbons (Fsp3) is 0.222. The molecule has 0 saturated carbocycles. The molecule has 0 amide bonds. The normalized spacial score (nSPS) is 10.5. The van der Waals surface area contributed by atoms with Crippen LogP contribution in [0.25, 0.3) is 0 Å². The molecule has 0 N–H and O–H groups in total. The first-order valence-corrected chi connectivity index (χ1v) is 4.66. The summed E-state index contributed by atoms with van der Waals surface area (Å²) in [6, 6.07) is 1.54. The quantitative estimate of drug-likeness (QED) is 0.743. The van der Waals surface area contributed by atoms with Gasteiger partial charge in [-0.1, -0.05) is 5.21 Å². The van der Waals surface area contributed by atoms with E-state index in [4.69, 9.17) is 16.0 Å². The van der Waals surface area contributed by atoms with Crippen LogP contribution in [0.2, 0.25) is 5.22 Å². The van der Waals surface area contributed by atoms with Gasteiger partial charge in [0.1, 0.15) is 0 Å². The molecule has 2 aromatic heterocycles. The number of aryl methyl sites for hydroxylation is 1. The van der Waals surface area contributed by atoms with Crippen molar-refractivity contribution in [3.63, 3.8) is 0 Å². The van der Waals surface area contributed by atoms with Crippen molar-refractivity contribution in [1.29, 1.82) is 0 Å². The first kappa shape index (κ1) is 9.92. The van der Waals surface area contributed by atoms with Crippen molar-refractivity contribution in [2.24, 2.45) is 7.05 Å². The van der Waals surface area contributed by atoms with E-state index in [9.17, 15) is 4.79 Å². The molecule has 0 saturated heterocycles. The summed E-state index contributed by atoms with van der Waals surface area (Å²) in [7, 11) is 1.74. The Morgan fingerprint density at radius 1 is 1.67 bits per heavy atom. The number of hydrogen-bond donors (Lipinski definition) is 0. The summed E-state index contributed by atoms with van der Waals surface area (Å²) in [6.07, 6.45) is 3.24. The molecule has 2 rings (SSSR count). The van der Waals surface area contributed by atoms with Crippen molar-refractivity contribution >= 4 is 17.4 Å². The molecule has 2 heterocycles. The maximum absolute atomic E-state index is 11.7. The molecule has 0 unspecified atom stereocenters. The monoisotopic (exact) mass is 225 g/mol. The van der Waals surface area contributed by atoms with E-state index in [1.165, 1.54) is 6.26 Å². The molecule has 5 nitrogen and oxygen atoms in total. The van der Waals surface area contributed by atoms with Gasteiger partial charge in [-0.05, 0) is 17.7 Å². The predicted octanol–water partition coefficient (Wildman–Crippen LogP) is 1.49. The summed E-state index contributed by atoms with van der Waals surface area (Å²) in [4.78, 5) is 11.7. The standard InChI is InChI=1S/C9H8ClN3O2/c1-13-5-6(11-12-13)4-8(14)7-2-3-15-9(7)10/h2-3,5H,4H2,1H3. The number of carbonyl (C=O) groups is 1. The fourth-order valence-electron chi connectivity index (χ4n) is 1.23. The van der Waals surface area contributed by atoms with Crippen molar-refractivity contribution in [2.75, 3.05) is 0 Å². The van der Waals surface area contributed by atoms with Crippen molar-refractivity contribution in [2.45, 2.75) is 6.42 Å². The highest BCUT2D eigenvalue weighted by Gasteiger charge is 2.14. The Balaban J connectivity index is 2.14. The van der Waals surface area contributed by atoms with Crippen molar-refractivity contribution in [3.05, 3.63) is 35.0 Å². The number of furan rings is 1. The Hall–Kier alpha value is -1.62. The molecular weight excluding hydrogens is 218 g/mol. The third-order valence-electron chi connectivity index (χ3n) is 1.91. The molecule has 6 heteroatoms. The first-order valence-electron chi connectivity index (χ1n) is 4.28. The lowest BCUT2D eigenvalue weighted by atomic mass is 10.1. The van der Waals surface area contributed by atoms with E-state index >= 15 is 0 Å². The Morgan fingerprint density at radius 2 is 2.47 bits per heavy atom. The molecule has 78 valence electrons.